The fraction of sp³-hybridized carbons (Fsp3) is 0. The van der Waals surface area contributed by atoms with Crippen LogP contribution in [0.1, 0.15) is 10.4 Å². The summed E-state index contributed by atoms with van der Waals surface area (Å²) in [5.74, 6) is -1.33. The molecule has 0 radical (unpaired) electrons. The van der Waals surface area contributed by atoms with Crippen LogP contribution in [0.4, 0.5) is 17.1 Å². The number of hydrogen-bond donors (Lipinski definition) is 4. The summed E-state index contributed by atoms with van der Waals surface area (Å²) in [4.78, 5) is 9.59. The summed E-state index contributed by atoms with van der Waals surface area (Å²) in [7, 11) is -9.44. The van der Waals surface area contributed by atoms with Crippen LogP contribution < -0.4 is 5.73 Å². The molecular weight excluding hydrogens is 390 g/mol. The molecule has 0 saturated carbocycles. The minimum atomic E-state index is -4.77. The van der Waals surface area contributed by atoms with Crippen molar-refractivity contribution in [2.24, 2.45) is 10.2 Å². The van der Waals surface area contributed by atoms with Gasteiger partial charge in [0.05, 0.1) is 16.1 Å². The Morgan fingerprint density at radius 3 is 2.12 bits per heavy atom. The summed E-state index contributed by atoms with van der Waals surface area (Å²) in [5.41, 5.74) is 4.55. The predicted molar refractivity (Wildman–Crippen MR) is 88.1 cm³/mol. The van der Waals surface area contributed by atoms with Gasteiger partial charge in [-0.3, -0.25) is 9.11 Å². The molecule has 0 unspecified atom stereocenters. The van der Waals surface area contributed by atoms with Gasteiger partial charge in [-0.2, -0.15) is 21.9 Å². The summed E-state index contributed by atoms with van der Waals surface area (Å²) in [6, 6.07) is 5.72. The van der Waals surface area contributed by atoms with Gasteiger partial charge in [-0.1, -0.05) is 0 Å². The van der Waals surface area contributed by atoms with E-state index >= 15 is 0 Å². The smallest absolute Gasteiger partial charge is 0.337 e. The summed E-state index contributed by atoms with van der Waals surface area (Å²) in [6.45, 7) is 0. The summed E-state index contributed by atoms with van der Waals surface area (Å²) < 4.78 is 63.3. The molecule has 0 saturated heterocycles. The molecule has 138 valence electrons. The van der Waals surface area contributed by atoms with Crippen molar-refractivity contribution in [2.45, 2.75) is 9.79 Å². The second-order valence-electron chi connectivity index (χ2n) is 4.86. The minimum absolute atomic E-state index is 0.0323. The number of carboxylic acids is 1. The molecular formula is C13H11N3O8S2. The maximum absolute atomic E-state index is 11.4. The lowest BCUT2D eigenvalue weighted by Gasteiger charge is -2.04. The second-order valence-corrected chi connectivity index (χ2v) is 7.67. The third-order valence-corrected chi connectivity index (χ3v) is 4.80. The van der Waals surface area contributed by atoms with Crippen molar-refractivity contribution >= 4 is 43.3 Å². The Morgan fingerprint density at radius 2 is 1.58 bits per heavy atom. The molecule has 0 aromatic heterocycles. The van der Waals surface area contributed by atoms with Crippen LogP contribution in [-0.2, 0) is 20.2 Å². The van der Waals surface area contributed by atoms with E-state index in [-0.39, 0.29) is 16.9 Å². The molecule has 0 spiro atoms. The van der Waals surface area contributed by atoms with Crippen LogP contribution in [0.25, 0.3) is 0 Å². The average Bonchev–Trinajstić information content (AvgIpc) is 2.51. The third-order valence-electron chi connectivity index (χ3n) is 3.05. The first kappa shape index (κ1) is 19.5. The fourth-order valence-corrected chi connectivity index (χ4v) is 2.96. The Bertz CT molecular complexity index is 1120. The molecule has 2 aromatic rings. The summed E-state index contributed by atoms with van der Waals surface area (Å²) in [5, 5.41) is 16.1. The van der Waals surface area contributed by atoms with Crippen LogP contribution in [0.3, 0.4) is 0 Å². The predicted octanol–water partition coefficient (Wildman–Crippen LogP) is 1.88. The molecule has 0 amide bonds. The van der Waals surface area contributed by atoms with Crippen molar-refractivity contribution in [3.63, 3.8) is 0 Å². The zero-order valence-corrected chi connectivity index (χ0v) is 14.3. The number of azo groups is 1. The lowest BCUT2D eigenvalue weighted by molar-refractivity contribution is 0.0698. The molecule has 0 fully saturated rings. The average molecular weight is 401 g/mol. The van der Waals surface area contributed by atoms with Gasteiger partial charge in [0.15, 0.2) is 0 Å². The van der Waals surface area contributed by atoms with E-state index in [1.807, 2.05) is 0 Å². The monoisotopic (exact) mass is 401 g/mol. The van der Waals surface area contributed by atoms with E-state index in [0.29, 0.717) is 6.07 Å². The Hall–Kier alpha value is -2.87. The van der Waals surface area contributed by atoms with Crippen molar-refractivity contribution in [3.05, 3.63) is 42.0 Å². The zero-order chi connectivity index (χ0) is 19.7. The molecule has 0 aliphatic heterocycles. The van der Waals surface area contributed by atoms with E-state index in [2.05, 4.69) is 10.2 Å². The van der Waals surface area contributed by atoms with Crippen molar-refractivity contribution in [1.82, 2.24) is 0 Å². The normalized spacial score (nSPS) is 12.4. The summed E-state index contributed by atoms with van der Waals surface area (Å²) in [6.07, 6.45) is 0. The van der Waals surface area contributed by atoms with Crippen molar-refractivity contribution in [3.8, 4) is 0 Å². The molecule has 2 rings (SSSR count). The van der Waals surface area contributed by atoms with E-state index < -0.39 is 41.7 Å². The highest BCUT2D eigenvalue weighted by Gasteiger charge is 2.20. The lowest BCUT2D eigenvalue weighted by Crippen LogP contribution is -2.02. The van der Waals surface area contributed by atoms with Gasteiger partial charge in [-0.25, -0.2) is 4.79 Å². The fourth-order valence-electron chi connectivity index (χ4n) is 1.86. The minimum Gasteiger partial charge on any atom is -0.478 e. The van der Waals surface area contributed by atoms with Crippen molar-refractivity contribution in [1.29, 1.82) is 0 Å². The van der Waals surface area contributed by atoms with E-state index in [4.69, 9.17) is 15.4 Å². The zero-order valence-electron chi connectivity index (χ0n) is 12.6. The topological polar surface area (TPSA) is 197 Å². The highest BCUT2D eigenvalue weighted by atomic mass is 32.2. The standard InChI is InChI=1S/C13H11N3O8S2/c14-10-3-1-7(5-9(10)13(17)18)15-16-11-6-8(25(19,20)21)2-4-12(11)26(22,23)24/h1-6H,14H2,(H,17,18)(H,19,20,21)(H,22,23,24)/b16-15+. The Labute approximate surface area is 147 Å². The van der Waals surface area contributed by atoms with Crippen LogP contribution in [0.2, 0.25) is 0 Å². The van der Waals surface area contributed by atoms with Gasteiger partial charge in [0, 0.05) is 5.69 Å². The molecule has 5 N–H and O–H groups in total. The molecule has 11 nitrogen and oxygen atoms in total. The number of hydrogen-bond acceptors (Lipinski definition) is 8. The number of carboxylic acid groups (broad SMARTS) is 1. The van der Waals surface area contributed by atoms with Crippen LogP contribution in [-0.4, -0.2) is 37.0 Å². The van der Waals surface area contributed by atoms with Crippen LogP contribution in [0, 0.1) is 0 Å². The second kappa shape index (κ2) is 6.80. The summed E-state index contributed by atoms with van der Waals surface area (Å²) >= 11 is 0. The number of aromatic carboxylic acids is 1. The van der Waals surface area contributed by atoms with E-state index in [1.165, 1.54) is 12.1 Å². The number of anilines is 1. The quantitative estimate of drug-likeness (QED) is 0.328. The first-order valence-corrected chi connectivity index (χ1v) is 9.41. The molecule has 13 heteroatoms. The largest absolute Gasteiger partial charge is 0.478 e. The molecule has 0 atom stereocenters. The number of nitrogens with two attached hydrogens (primary N) is 1. The van der Waals surface area contributed by atoms with Gasteiger partial charge >= 0.3 is 5.97 Å². The highest BCUT2D eigenvalue weighted by molar-refractivity contribution is 7.86. The van der Waals surface area contributed by atoms with Crippen LogP contribution in [0.5, 0.6) is 0 Å². The number of carbonyl (C=O) groups is 1. The van der Waals surface area contributed by atoms with Gasteiger partial charge in [-0.05, 0) is 36.4 Å². The van der Waals surface area contributed by atoms with Gasteiger partial charge in [0.25, 0.3) is 20.2 Å². The number of nitrogens with zero attached hydrogens (tertiary/aromatic N) is 2. The third kappa shape index (κ3) is 4.40. The molecule has 0 aliphatic rings. The van der Waals surface area contributed by atoms with E-state index in [9.17, 15) is 26.2 Å². The van der Waals surface area contributed by atoms with Gasteiger partial charge < -0.3 is 10.8 Å². The number of rotatable bonds is 5. The van der Waals surface area contributed by atoms with E-state index in [1.54, 1.807) is 0 Å². The van der Waals surface area contributed by atoms with Crippen LogP contribution in [0.15, 0.2) is 56.4 Å². The van der Waals surface area contributed by atoms with Crippen molar-refractivity contribution in [2.75, 3.05) is 5.73 Å². The van der Waals surface area contributed by atoms with Gasteiger partial charge in [0.2, 0.25) is 0 Å². The lowest BCUT2D eigenvalue weighted by atomic mass is 10.1. The Balaban J connectivity index is 2.59. The molecule has 0 aliphatic carbocycles. The maximum atomic E-state index is 11.4. The van der Waals surface area contributed by atoms with E-state index in [0.717, 1.165) is 18.2 Å². The number of nitrogen functional groups attached to an aromatic ring is 1. The first-order chi connectivity index (χ1) is 11.9. The van der Waals surface area contributed by atoms with Gasteiger partial charge in [-0.15, -0.1) is 5.11 Å². The molecule has 26 heavy (non-hydrogen) atoms. The van der Waals surface area contributed by atoms with Crippen LogP contribution >= 0.6 is 0 Å². The molecule has 2 aromatic carbocycles. The maximum Gasteiger partial charge on any atom is 0.337 e. The SMILES string of the molecule is Nc1ccc(/N=N/c2cc(S(=O)(=O)O)ccc2S(=O)(=O)O)cc1C(=O)O. The Kier molecular flexibility index (Phi) is 5.09. The van der Waals surface area contributed by atoms with Gasteiger partial charge in [0.1, 0.15) is 10.6 Å². The molecule has 0 heterocycles. The van der Waals surface area contributed by atoms with Crippen molar-refractivity contribution < 1.29 is 35.8 Å². The highest BCUT2D eigenvalue weighted by Crippen LogP contribution is 2.30. The Morgan fingerprint density at radius 1 is 0.923 bits per heavy atom. The first-order valence-electron chi connectivity index (χ1n) is 6.53. The number of benzene rings is 2. The molecule has 0 bridgehead atoms.